The first kappa shape index (κ1) is 15.0. The summed E-state index contributed by atoms with van der Waals surface area (Å²) in [7, 11) is -3.50. The van der Waals surface area contributed by atoms with E-state index in [9.17, 15) is 8.42 Å². The van der Waals surface area contributed by atoms with Gasteiger partial charge in [-0.05, 0) is 38.3 Å². The lowest BCUT2D eigenvalue weighted by Crippen LogP contribution is -2.36. The summed E-state index contributed by atoms with van der Waals surface area (Å²) < 4.78 is 27.1. The van der Waals surface area contributed by atoms with Gasteiger partial charge < -0.3 is 5.73 Å². The first-order chi connectivity index (χ1) is 9.32. The molecule has 0 aromatic heterocycles. The smallest absolute Gasteiger partial charge is 0.243 e. The largest absolute Gasteiger partial charge is 0.388 e. The number of nitrogens with two attached hydrogens (primary N) is 1. The zero-order chi connectivity index (χ0) is 14.9. The van der Waals surface area contributed by atoms with Crippen molar-refractivity contribution in [1.82, 2.24) is 4.31 Å². The summed E-state index contributed by atoms with van der Waals surface area (Å²) in [4.78, 5) is 0.360. The molecule has 0 unspecified atom stereocenters. The number of amidine groups is 1. The SMILES string of the molecule is Cc1ccc(S(=O)(=O)N(CCC(=N)N)C2CC2)c(C)c1. The average Bonchev–Trinajstić information content (AvgIpc) is 3.12. The molecule has 1 aromatic rings. The van der Waals surface area contributed by atoms with Crippen LogP contribution in [0.3, 0.4) is 0 Å². The summed E-state index contributed by atoms with van der Waals surface area (Å²) in [6, 6.07) is 5.43. The van der Waals surface area contributed by atoms with Gasteiger partial charge in [-0.25, -0.2) is 8.42 Å². The van der Waals surface area contributed by atoms with Crippen LogP contribution in [0, 0.1) is 19.3 Å². The van der Waals surface area contributed by atoms with E-state index in [0.29, 0.717) is 4.90 Å². The lowest BCUT2D eigenvalue weighted by atomic mass is 10.2. The molecule has 1 aliphatic rings. The minimum atomic E-state index is -3.50. The third-order valence-electron chi connectivity index (χ3n) is 3.47. The number of hydrogen-bond donors (Lipinski definition) is 2. The lowest BCUT2D eigenvalue weighted by Gasteiger charge is -2.22. The fourth-order valence-corrected chi connectivity index (χ4v) is 4.20. The number of sulfonamides is 1. The maximum Gasteiger partial charge on any atom is 0.243 e. The number of rotatable bonds is 6. The number of hydrogen-bond acceptors (Lipinski definition) is 3. The van der Waals surface area contributed by atoms with E-state index in [0.717, 1.165) is 24.0 Å². The molecule has 0 amide bonds. The van der Waals surface area contributed by atoms with Crippen LogP contribution in [0.2, 0.25) is 0 Å². The summed E-state index contributed by atoms with van der Waals surface area (Å²) in [5.74, 6) is 0.0199. The molecule has 0 heterocycles. The van der Waals surface area contributed by atoms with Crippen molar-refractivity contribution in [2.24, 2.45) is 5.73 Å². The highest BCUT2D eigenvalue weighted by molar-refractivity contribution is 7.89. The van der Waals surface area contributed by atoms with Crippen molar-refractivity contribution in [3.05, 3.63) is 29.3 Å². The highest BCUT2D eigenvalue weighted by Crippen LogP contribution is 2.33. The monoisotopic (exact) mass is 295 g/mol. The van der Waals surface area contributed by atoms with Crippen molar-refractivity contribution in [3.8, 4) is 0 Å². The Morgan fingerprint density at radius 2 is 2.05 bits per heavy atom. The Hall–Kier alpha value is -1.40. The van der Waals surface area contributed by atoms with E-state index in [-0.39, 0.29) is 24.8 Å². The highest BCUT2D eigenvalue weighted by atomic mass is 32.2. The fourth-order valence-electron chi connectivity index (χ4n) is 2.31. The van der Waals surface area contributed by atoms with Gasteiger partial charge in [0.25, 0.3) is 0 Å². The van der Waals surface area contributed by atoms with Gasteiger partial charge in [-0.3, -0.25) is 5.41 Å². The molecule has 5 nitrogen and oxygen atoms in total. The fraction of sp³-hybridized carbons (Fsp3) is 0.500. The second-order valence-electron chi connectivity index (χ2n) is 5.39. The first-order valence-electron chi connectivity index (χ1n) is 6.74. The third kappa shape index (κ3) is 3.19. The van der Waals surface area contributed by atoms with Crippen LogP contribution < -0.4 is 5.73 Å². The summed E-state index contributed by atoms with van der Waals surface area (Å²) in [5.41, 5.74) is 7.16. The van der Waals surface area contributed by atoms with Gasteiger partial charge in [0.05, 0.1) is 10.7 Å². The Balaban J connectivity index is 2.32. The van der Waals surface area contributed by atoms with E-state index in [1.54, 1.807) is 6.07 Å². The molecule has 0 bridgehead atoms. The third-order valence-corrected chi connectivity index (χ3v) is 5.58. The number of aryl methyl sites for hydroxylation is 2. The molecule has 3 N–H and O–H groups in total. The van der Waals surface area contributed by atoms with Crippen LogP contribution in [0.25, 0.3) is 0 Å². The lowest BCUT2D eigenvalue weighted by molar-refractivity contribution is 0.412. The molecule has 1 aliphatic carbocycles. The number of benzene rings is 1. The molecule has 20 heavy (non-hydrogen) atoms. The Kier molecular flexibility index (Phi) is 4.15. The van der Waals surface area contributed by atoms with Crippen LogP contribution in [0.1, 0.15) is 30.4 Å². The van der Waals surface area contributed by atoms with Crippen molar-refractivity contribution in [2.75, 3.05) is 6.54 Å². The molecule has 0 radical (unpaired) electrons. The average molecular weight is 295 g/mol. The van der Waals surface area contributed by atoms with Crippen molar-refractivity contribution >= 4 is 15.9 Å². The van der Waals surface area contributed by atoms with Crippen LogP contribution in [0.15, 0.2) is 23.1 Å². The number of nitrogens with zero attached hydrogens (tertiary/aromatic N) is 1. The first-order valence-corrected chi connectivity index (χ1v) is 8.18. The van der Waals surface area contributed by atoms with Crippen LogP contribution in [-0.2, 0) is 10.0 Å². The van der Waals surface area contributed by atoms with Crippen LogP contribution >= 0.6 is 0 Å². The molecule has 0 spiro atoms. The van der Waals surface area contributed by atoms with E-state index in [1.165, 1.54) is 4.31 Å². The molecular formula is C14H21N3O2S. The summed E-state index contributed by atoms with van der Waals surface area (Å²) in [6.07, 6.45) is 2.06. The van der Waals surface area contributed by atoms with Gasteiger partial charge in [-0.2, -0.15) is 4.31 Å². The molecular weight excluding hydrogens is 274 g/mol. The Morgan fingerprint density at radius 3 is 2.55 bits per heavy atom. The maximum absolute atomic E-state index is 12.8. The molecule has 2 rings (SSSR count). The second-order valence-corrected chi connectivity index (χ2v) is 7.25. The van der Waals surface area contributed by atoms with Crippen molar-refractivity contribution in [2.45, 2.75) is 44.0 Å². The van der Waals surface area contributed by atoms with Gasteiger partial charge in [0.2, 0.25) is 10.0 Å². The predicted molar refractivity (Wildman–Crippen MR) is 79.4 cm³/mol. The van der Waals surface area contributed by atoms with E-state index < -0.39 is 10.0 Å². The summed E-state index contributed by atoms with van der Waals surface area (Å²) >= 11 is 0. The minimum Gasteiger partial charge on any atom is -0.388 e. The summed E-state index contributed by atoms with van der Waals surface area (Å²) in [5, 5.41) is 7.28. The predicted octanol–water partition coefficient (Wildman–Crippen LogP) is 1.78. The summed E-state index contributed by atoms with van der Waals surface area (Å²) in [6.45, 7) is 4.05. The standard InChI is InChI=1S/C14H21N3O2S/c1-10-3-6-13(11(2)9-10)20(18,19)17(12-4-5-12)8-7-14(15)16/h3,6,9,12H,4-5,7-8H2,1-2H3,(H3,15,16). The van der Waals surface area contributed by atoms with Gasteiger partial charge in [-0.15, -0.1) is 0 Å². The van der Waals surface area contributed by atoms with Gasteiger partial charge in [0.15, 0.2) is 0 Å². The Morgan fingerprint density at radius 1 is 1.40 bits per heavy atom. The van der Waals surface area contributed by atoms with E-state index in [4.69, 9.17) is 11.1 Å². The van der Waals surface area contributed by atoms with Crippen molar-refractivity contribution in [3.63, 3.8) is 0 Å². The molecule has 0 saturated heterocycles. The number of nitrogens with one attached hydrogen (secondary N) is 1. The second kappa shape index (κ2) is 5.54. The van der Waals surface area contributed by atoms with Gasteiger partial charge in [0, 0.05) is 19.0 Å². The van der Waals surface area contributed by atoms with Crippen LogP contribution in [0.5, 0.6) is 0 Å². The maximum atomic E-state index is 12.8. The molecule has 0 atom stereocenters. The van der Waals surface area contributed by atoms with E-state index in [2.05, 4.69) is 0 Å². The molecule has 6 heteroatoms. The van der Waals surface area contributed by atoms with Crippen LogP contribution in [-0.4, -0.2) is 31.1 Å². The topological polar surface area (TPSA) is 87.2 Å². The zero-order valence-corrected chi connectivity index (χ0v) is 12.7. The molecule has 1 fully saturated rings. The van der Waals surface area contributed by atoms with Gasteiger partial charge in [0.1, 0.15) is 0 Å². The van der Waals surface area contributed by atoms with Crippen molar-refractivity contribution < 1.29 is 8.42 Å². The van der Waals surface area contributed by atoms with E-state index in [1.807, 2.05) is 26.0 Å². The molecule has 0 aliphatic heterocycles. The van der Waals surface area contributed by atoms with Gasteiger partial charge >= 0.3 is 0 Å². The Labute approximate surface area is 120 Å². The normalized spacial score (nSPS) is 15.6. The van der Waals surface area contributed by atoms with Gasteiger partial charge in [-0.1, -0.05) is 17.7 Å². The zero-order valence-electron chi connectivity index (χ0n) is 11.9. The molecule has 1 saturated carbocycles. The highest BCUT2D eigenvalue weighted by Gasteiger charge is 2.38. The molecule has 110 valence electrons. The van der Waals surface area contributed by atoms with Crippen LogP contribution in [0.4, 0.5) is 0 Å². The minimum absolute atomic E-state index is 0.0199. The Bertz CT molecular complexity index is 621. The quantitative estimate of drug-likeness (QED) is 0.619. The van der Waals surface area contributed by atoms with E-state index >= 15 is 0 Å². The molecule has 1 aromatic carbocycles. The van der Waals surface area contributed by atoms with Crippen molar-refractivity contribution in [1.29, 1.82) is 5.41 Å².